The quantitative estimate of drug-likeness (QED) is 0.418. The molecule has 3 rings (SSSR count). The zero-order valence-corrected chi connectivity index (χ0v) is 19.0. The number of rotatable bonds is 7. The van der Waals surface area contributed by atoms with E-state index in [0.717, 1.165) is 36.8 Å². The molecule has 0 aliphatic heterocycles. The molecule has 0 saturated heterocycles. The fraction of sp³-hybridized carbons (Fsp3) is 0.692. The highest BCUT2D eigenvalue weighted by Gasteiger charge is 2.44. The Labute approximate surface area is 182 Å². The lowest BCUT2D eigenvalue weighted by molar-refractivity contribution is 0.0528. The van der Waals surface area contributed by atoms with E-state index in [1.807, 2.05) is 13.8 Å². The van der Waals surface area contributed by atoms with Gasteiger partial charge in [-0.15, -0.1) is 0 Å². The average Bonchev–Trinajstić information content (AvgIpc) is 2.99. The van der Waals surface area contributed by atoms with Crippen LogP contribution in [-0.2, 0) is 4.74 Å². The normalized spacial score (nSPS) is 35.1. The zero-order valence-electron chi connectivity index (χ0n) is 19.0. The van der Waals surface area contributed by atoms with Crippen LogP contribution < -0.4 is 0 Å². The molecule has 0 aromatic carbocycles. The highest BCUT2D eigenvalue weighted by molar-refractivity contribution is 5.40. The minimum atomic E-state index is -0.636. The zero-order chi connectivity index (χ0) is 21.9. The molecule has 0 amide bonds. The van der Waals surface area contributed by atoms with Crippen LogP contribution in [0.15, 0.2) is 47.1 Å². The molecule has 168 valence electrons. The van der Waals surface area contributed by atoms with Crippen molar-refractivity contribution in [1.29, 1.82) is 0 Å². The molecule has 0 spiro atoms. The summed E-state index contributed by atoms with van der Waals surface area (Å²) in [7, 11) is 0. The SMILES string of the molecule is C=C1C(=CC=C2CCC[C@]3(C)C(COCCCC(C)(C)O)=CC[C@@H]23)C[C@@H](O)C[C@@H]1O. The molecule has 2 fully saturated rings. The summed E-state index contributed by atoms with van der Waals surface area (Å²) in [6.45, 7) is 11.5. The van der Waals surface area contributed by atoms with E-state index < -0.39 is 17.8 Å². The Balaban J connectivity index is 1.61. The van der Waals surface area contributed by atoms with Gasteiger partial charge in [0.05, 0.1) is 24.4 Å². The van der Waals surface area contributed by atoms with Gasteiger partial charge in [0.25, 0.3) is 0 Å². The van der Waals surface area contributed by atoms with E-state index in [1.165, 1.54) is 24.0 Å². The van der Waals surface area contributed by atoms with Crippen molar-refractivity contribution in [2.45, 2.75) is 89.9 Å². The van der Waals surface area contributed by atoms with Crippen LogP contribution in [0.2, 0.25) is 0 Å². The van der Waals surface area contributed by atoms with Gasteiger partial charge in [0.15, 0.2) is 0 Å². The van der Waals surface area contributed by atoms with E-state index in [9.17, 15) is 15.3 Å². The molecule has 3 aliphatic rings. The maximum Gasteiger partial charge on any atom is 0.0811 e. The second-order valence-electron chi connectivity index (χ2n) is 10.3. The molecular formula is C26H40O4. The van der Waals surface area contributed by atoms with Gasteiger partial charge in [0.1, 0.15) is 0 Å². The van der Waals surface area contributed by atoms with Gasteiger partial charge in [-0.05, 0) is 86.8 Å². The molecule has 4 atom stereocenters. The van der Waals surface area contributed by atoms with Crippen LogP contribution in [-0.4, -0.2) is 46.3 Å². The van der Waals surface area contributed by atoms with Crippen LogP contribution in [0.3, 0.4) is 0 Å². The summed E-state index contributed by atoms with van der Waals surface area (Å²) in [5.41, 5.74) is 4.14. The van der Waals surface area contributed by atoms with Crippen molar-refractivity contribution in [3.8, 4) is 0 Å². The molecule has 0 aromatic heterocycles. The van der Waals surface area contributed by atoms with Crippen LogP contribution in [0.25, 0.3) is 0 Å². The van der Waals surface area contributed by atoms with E-state index in [-0.39, 0.29) is 5.41 Å². The van der Waals surface area contributed by atoms with Gasteiger partial charge < -0.3 is 20.1 Å². The lowest BCUT2D eigenvalue weighted by Gasteiger charge is -2.41. The smallest absolute Gasteiger partial charge is 0.0811 e. The van der Waals surface area contributed by atoms with Gasteiger partial charge in [-0.3, -0.25) is 0 Å². The van der Waals surface area contributed by atoms with Crippen molar-refractivity contribution in [2.75, 3.05) is 13.2 Å². The van der Waals surface area contributed by atoms with E-state index in [4.69, 9.17) is 4.74 Å². The highest BCUT2D eigenvalue weighted by atomic mass is 16.5. The Morgan fingerprint density at radius 3 is 2.80 bits per heavy atom. The summed E-state index contributed by atoms with van der Waals surface area (Å²) in [5, 5.41) is 29.9. The molecule has 4 heteroatoms. The maximum atomic E-state index is 10.1. The summed E-state index contributed by atoms with van der Waals surface area (Å²) in [4.78, 5) is 0. The van der Waals surface area contributed by atoms with Gasteiger partial charge >= 0.3 is 0 Å². The van der Waals surface area contributed by atoms with E-state index in [0.29, 0.717) is 32.0 Å². The first-order valence-electron chi connectivity index (χ1n) is 11.5. The molecular weight excluding hydrogens is 376 g/mol. The highest BCUT2D eigenvalue weighted by Crippen LogP contribution is 2.54. The Kier molecular flexibility index (Phi) is 7.44. The predicted molar refractivity (Wildman–Crippen MR) is 121 cm³/mol. The van der Waals surface area contributed by atoms with E-state index >= 15 is 0 Å². The summed E-state index contributed by atoms with van der Waals surface area (Å²) >= 11 is 0. The summed E-state index contributed by atoms with van der Waals surface area (Å²) in [6, 6.07) is 0. The van der Waals surface area contributed by atoms with Gasteiger partial charge in [0.2, 0.25) is 0 Å². The third kappa shape index (κ3) is 5.53. The fourth-order valence-corrected chi connectivity index (χ4v) is 5.38. The van der Waals surface area contributed by atoms with Crippen molar-refractivity contribution in [2.24, 2.45) is 11.3 Å². The van der Waals surface area contributed by atoms with Crippen molar-refractivity contribution < 1.29 is 20.1 Å². The van der Waals surface area contributed by atoms with Crippen LogP contribution in [0, 0.1) is 11.3 Å². The number of allylic oxidation sites excluding steroid dienone is 4. The molecule has 0 aromatic rings. The molecule has 4 nitrogen and oxygen atoms in total. The van der Waals surface area contributed by atoms with Crippen LogP contribution in [0.4, 0.5) is 0 Å². The maximum absolute atomic E-state index is 10.1. The second kappa shape index (κ2) is 9.52. The number of aliphatic hydroxyl groups is 3. The molecule has 0 heterocycles. The van der Waals surface area contributed by atoms with Gasteiger partial charge in [-0.25, -0.2) is 0 Å². The van der Waals surface area contributed by atoms with Crippen molar-refractivity contribution in [3.63, 3.8) is 0 Å². The average molecular weight is 417 g/mol. The number of hydrogen-bond donors (Lipinski definition) is 3. The third-order valence-corrected chi connectivity index (χ3v) is 7.31. The van der Waals surface area contributed by atoms with Crippen LogP contribution >= 0.6 is 0 Å². The van der Waals surface area contributed by atoms with Gasteiger partial charge in [0, 0.05) is 13.0 Å². The first-order chi connectivity index (χ1) is 14.1. The number of ether oxygens (including phenoxy) is 1. The molecule has 2 saturated carbocycles. The molecule has 3 N–H and O–H groups in total. The Morgan fingerprint density at radius 2 is 2.07 bits per heavy atom. The summed E-state index contributed by atoms with van der Waals surface area (Å²) in [6.07, 6.45) is 12.7. The molecule has 30 heavy (non-hydrogen) atoms. The Morgan fingerprint density at radius 1 is 1.30 bits per heavy atom. The minimum Gasteiger partial charge on any atom is -0.393 e. The van der Waals surface area contributed by atoms with Crippen molar-refractivity contribution in [1.82, 2.24) is 0 Å². The largest absolute Gasteiger partial charge is 0.393 e. The lowest BCUT2D eigenvalue weighted by Crippen LogP contribution is -2.32. The first kappa shape index (κ1) is 23.5. The lowest BCUT2D eigenvalue weighted by atomic mass is 9.64. The second-order valence-corrected chi connectivity index (χ2v) is 10.3. The van der Waals surface area contributed by atoms with E-state index in [2.05, 4.69) is 31.7 Å². The molecule has 3 aliphatic carbocycles. The monoisotopic (exact) mass is 416 g/mol. The van der Waals surface area contributed by atoms with Crippen LogP contribution in [0.1, 0.15) is 72.1 Å². The van der Waals surface area contributed by atoms with Crippen molar-refractivity contribution in [3.05, 3.63) is 47.1 Å². The molecule has 0 radical (unpaired) electrons. The van der Waals surface area contributed by atoms with Gasteiger partial charge in [-0.2, -0.15) is 0 Å². The topological polar surface area (TPSA) is 69.9 Å². The predicted octanol–water partition coefficient (Wildman–Crippen LogP) is 4.62. The van der Waals surface area contributed by atoms with E-state index in [1.54, 1.807) is 0 Å². The first-order valence-corrected chi connectivity index (χ1v) is 11.5. The number of fused-ring (bicyclic) bond motifs is 1. The third-order valence-electron chi connectivity index (χ3n) is 7.31. The standard InChI is InChI=1S/C26H40O4/c1-18-20(15-22(27)16-24(18)28)9-8-19-7-5-13-26(4)21(10-11-23(19)26)17-30-14-6-12-25(2,3)29/h8-10,22-24,27-29H,1,5-7,11-17H2,2-4H3/t22-,23+,24+,26-/m1/s1. The molecule has 0 bridgehead atoms. The summed E-state index contributed by atoms with van der Waals surface area (Å²) < 4.78 is 5.98. The van der Waals surface area contributed by atoms with Crippen molar-refractivity contribution >= 4 is 0 Å². The van der Waals surface area contributed by atoms with Gasteiger partial charge in [-0.1, -0.05) is 37.3 Å². The number of aliphatic hydroxyl groups excluding tert-OH is 2. The molecule has 0 unspecified atom stereocenters. The number of hydrogen-bond acceptors (Lipinski definition) is 4. The summed E-state index contributed by atoms with van der Waals surface area (Å²) in [5.74, 6) is 0.504. The fourth-order valence-electron chi connectivity index (χ4n) is 5.38. The Hall–Kier alpha value is -1.20. The minimum absolute atomic E-state index is 0.154. The Bertz CT molecular complexity index is 724. The van der Waals surface area contributed by atoms with Crippen LogP contribution in [0.5, 0.6) is 0 Å².